The fourth-order valence-electron chi connectivity index (χ4n) is 2.06. The van der Waals surface area contributed by atoms with Gasteiger partial charge in [-0.2, -0.15) is 5.26 Å². The summed E-state index contributed by atoms with van der Waals surface area (Å²) in [6, 6.07) is 12.2. The third-order valence-electron chi connectivity index (χ3n) is 3.46. The van der Waals surface area contributed by atoms with Gasteiger partial charge in [-0.15, -0.1) is 0 Å². The molecular formula is C17H16ClN3O5S. The van der Waals surface area contributed by atoms with Crippen LogP contribution in [-0.2, 0) is 14.9 Å². The zero-order valence-corrected chi connectivity index (χ0v) is 16.0. The van der Waals surface area contributed by atoms with Crippen LogP contribution in [0, 0.1) is 11.3 Å². The first-order valence-electron chi connectivity index (χ1n) is 7.53. The number of hydroxylamine groups is 1. The van der Waals surface area contributed by atoms with E-state index in [2.05, 4.69) is 5.32 Å². The number of amides is 1. The Morgan fingerprint density at radius 1 is 1.30 bits per heavy atom. The lowest BCUT2D eigenvalue weighted by Gasteiger charge is -2.16. The summed E-state index contributed by atoms with van der Waals surface area (Å²) in [5.74, 6) is -0.129. The molecule has 8 nitrogen and oxygen atoms in total. The van der Waals surface area contributed by atoms with Gasteiger partial charge in [0.25, 0.3) is 15.9 Å². The summed E-state index contributed by atoms with van der Waals surface area (Å²) in [6.45, 7) is -0.122. The molecule has 1 N–H and O–H groups in total. The minimum atomic E-state index is -4.02. The first-order valence-corrected chi connectivity index (χ1v) is 9.35. The second kappa shape index (κ2) is 8.83. The molecule has 0 spiro atoms. The van der Waals surface area contributed by atoms with E-state index in [0.29, 0.717) is 15.9 Å². The number of nitrogens with zero attached hydrogens (tertiary/aromatic N) is 2. The molecule has 2 aromatic rings. The van der Waals surface area contributed by atoms with Crippen LogP contribution in [0.3, 0.4) is 0 Å². The summed E-state index contributed by atoms with van der Waals surface area (Å²) in [4.78, 5) is 16.9. The molecule has 0 atom stereocenters. The second-order valence-electron chi connectivity index (χ2n) is 5.17. The molecule has 0 bridgehead atoms. The predicted octanol–water partition coefficient (Wildman–Crippen LogP) is 2.68. The average molecular weight is 410 g/mol. The molecule has 0 saturated heterocycles. The van der Waals surface area contributed by atoms with E-state index in [4.69, 9.17) is 26.4 Å². The van der Waals surface area contributed by atoms with E-state index in [-0.39, 0.29) is 22.1 Å². The number of nitrogens with one attached hydrogen (secondary N) is 1. The van der Waals surface area contributed by atoms with Crippen LogP contribution in [0.25, 0.3) is 0 Å². The van der Waals surface area contributed by atoms with Gasteiger partial charge in [-0.1, -0.05) is 22.1 Å². The van der Waals surface area contributed by atoms with Crippen molar-refractivity contribution in [2.75, 3.05) is 26.1 Å². The molecule has 0 saturated carbocycles. The van der Waals surface area contributed by atoms with Gasteiger partial charge in [0, 0.05) is 24.4 Å². The molecule has 10 heteroatoms. The Bertz CT molecular complexity index is 988. The van der Waals surface area contributed by atoms with Crippen molar-refractivity contribution in [3.05, 3.63) is 53.1 Å². The number of carbonyl (C=O) groups excluding carboxylic acids is 1. The average Bonchev–Trinajstić information content (AvgIpc) is 2.66. The quantitative estimate of drug-likeness (QED) is 0.704. The number of rotatable bonds is 7. The number of sulfonamides is 1. The first-order chi connectivity index (χ1) is 12.8. The minimum Gasteiger partial charge on any atom is -0.479 e. The van der Waals surface area contributed by atoms with Crippen molar-refractivity contribution >= 4 is 33.2 Å². The predicted molar refractivity (Wildman–Crippen MR) is 98.9 cm³/mol. The number of hydrogen-bond acceptors (Lipinski definition) is 6. The third kappa shape index (κ3) is 4.96. The topological polar surface area (TPSA) is 109 Å². The summed E-state index contributed by atoms with van der Waals surface area (Å²) in [5, 5.41) is 11.1. The molecule has 0 aliphatic heterocycles. The van der Waals surface area contributed by atoms with E-state index in [9.17, 15) is 13.2 Å². The van der Waals surface area contributed by atoms with Crippen molar-refractivity contribution in [3.63, 3.8) is 0 Å². The van der Waals surface area contributed by atoms with Gasteiger partial charge in [0.1, 0.15) is 16.7 Å². The van der Waals surface area contributed by atoms with E-state index in [1.54, 1.807) is 24.3 Å². The van der Waals surface area contributed by atoms with Crippen molar-refractivity contribution in [1.82, 2.24) is 4.47 Å². The lowest BCUT2D eigenvalue weighted by molar-refractivity contribution is -0.0258. The summed E-state index contributed by atoms with van der Waals surface area (Å²) in [7, 11) is -1.61. The molecule has 142 valence electrons. The Hall–Kier alpha value is -2.64. The first kappa shape index (κ1) is 20.7. The number of ether oxygens (including phenoxy) is 1. The molecule has 0 heterocycles. The van der Waals surface area contributed by atoms with Gasteiger partial charge < -0.3 is 10.1 Å². The van der Waals surface area contributed by atoms with Crippen molar-refractivity contribution in [1.29, 1.82) is 5.26 Å². The fraction of sp³-hybridized carbons (Fsp3) is 0.176. The molecule has 0 unspecified atom stereocenters. The highest BCUT2D eigenvalue weighted by Crippen LogP contribution is 2.26. The van der Waals surface area contributed by atoms with Gasteiger partial charge in [0.15, 0.2) is 6.61 Å². The van der Waals surface area contributed by atoms with Crippen LogP contribution in [0.5, 0.6) is 5.75 Å². The third-order valence-corrected chi connectivity index (χ3v) is 5.62. The Morgan fingerprint density at radius 2 is 2.04 bits per heavy atom. The lowest BCUT2D eigenvalue weighted by Crippen LogP contribution is -2.26. The Morgan fingerprint density at radius 3 is 2.70 bits per heavy atom. The van der Waals surface area contributed by atoms with Crippen molar-refractivity contribution in [2.24, 2.45) is 0 Å². The number of anilines is 1. The van der Waals surface area contributed by atoms with E-state index in [1.807, 2.05) is 6.07 Å². The molecule has 0 aliphatic rings. The van der Waals surface area contributed by atoms with Gasteiger partial charge in [0.2, 0.25) is 0 Å². The summed E-state index contributed by atoms with van der Waals surface area (Å²) in [6.07, 6.45) is 0. The van der Waals surface area contributed by atoms with E-state index >= 15 is 0 Å². The van der Waals surface area contributed by atoms with Crippen LogP contribution in [0.4, 0.5) is 5.69 Å². The molecule has 27 heavy (non-hydrogen) atoms. The monoisotopic (exact) mass is 409 g/mol. The smallest absolute Gasteiger partial charge is 0.266 e. The summed E-state index contributed by atoms with van der Waals surface area (Å²) in [5.41, 5.74) is 0.509. The van der Waals surface area contributed by atoms with Crippen LogP contribution >= 0.6 is 11.6 Å². The van der Waals surface area contributed by atoms with Crippen molar-refractivity contribution < 1.29 is 22.8 Å². The molecule has 0 fully saturated rings. The maximum absolute atomic E-state index is 12.5. The van der Waals surface area contributed by atoms with Crippen molar-refractivity contribution in [2.45, 2.75) is 4.90 Å². The van der Waals surface area contributed by atoms with Gasteiger partial charge in [-0.05, 0) is 30.3 Å². The largest absolute Gasteiger partial charge is 0.479 e. The van der Waals surface area contributed by atoms with Crippen LogP contribution in [-0.4, -0.2) is 39.6 Å². The highest BCUT2D eigenvalue weighted by Gasteiger charge is 2.25. The summed E-state index contributed by atoms with van der Waals surface area (Å²) >= 11 is 5.98. The Kier molecular flexibility index (Phi) is 6.76. The minimum absolute atomic E-state index is 0.0395. The van der Waals surface area contributed by atoms with Crippen LogP contribution in [0.15, 0.2) is 47.4 Å². The van der Waals surface area contributed by atoms with Crippen LogP contribution < -0.4 is 10.1 Å². The van der Waals surface area contributed by atoms with Gasteiger partial charge in [0.05, 0.1) is 12.1 Å². The van der Waals surface area contributed by atoms with Crippen molar-refractivity contribution in [3.8, 4) is 11.8 Å². The normalized spacial score (nSPS) is 11.1. The Balaban J connectivity index is 2.28. The van der Waals surface area contributed by atoms with Crippen LogP contribution in [0.2, 0.25) is 5.02 Å². The van der Waals surface area contributed by atoms with Gasteiger partial charge in [-0.3, -0.25) is 9.63 Å². The summed E-state index contributed by atoms with van der Waals surface area (Å²) < 4.78 is 30.6. The van der Waals surface area contributed by atoms with Crippen LogP contribution in [0.1, 0.15) is 10.4 Å². The number of hydrogen-bond donors (Lipinski definition) is 1. The number of halogens is 1. The molecule has 2 rings (SSSR count). The van der Waals surface area contributed by atoms with E-state index < -0.39 is 15.9 Å². The number of carbonyl (C=O) groups is 1. The molecular weight excluding hydrogens is 394 g/mol. The number of nitriles is 1. The maximum atomic E-state index is 12.5. The zero-order chi connectivity index (χ0) is 20.0. The highest BCUT2D eigenvalue weighted by molar-refractivity contribution is 7.89. The van der Waals surface area contributed by atoms with E-state index in [1.165, 1.54) is 32.4 Å². The highest BCUT2D eigenvalue weighted by atomic mass is 35.5. The SMILES string of the molecule is CON(C)S(=O)(=O)c1cc(C(=O)Nc2cccc(OCC#N)c2)ccc1Cl. The Labute approximate surface area is 161 Å². The molecule has 2 aromatic carbocycles. The fourth-order valence-corrected chi connectivity index (χ4v) is 3.54. The van der Waals surface area contributed by atoms with Gasteiger partial charge >= 0.3 is 0 Å². The second-order valence-corrected chi connectivity index (χ2v) is 7.48. The zero-order valence-electron chi connectivity index (χ0n) is 14.5. The molecule has 1 amide bonds. The standard InChI is InChI=1S/C17H16ClN3O5S/c1-21(25-2)27(23,24)16-10-12(6-7-15(16)18)17(22)20-13-4-3-5-14(11-13)26-9-8-19/h3-7,10-11H,9H2,1-2H3,(H,20,22). The molecule has 0 aromatic heterocycles. The molecule has 0 radical (unpaired) electrons. The van der Waals surface area contributed by atoms with E-state index in [0.717, 1.165) is 0 Å². The maximum Gasteiger partial charge on any atom is 0.266 e. The van der Waals surface area contributed by atoms with Gasteiger partial charge in [-0.25, -0.2) is 8.42 Å². The lowest BCUT2D eigenvalue weighted by atomic mass is 10.2. The number of benzene rings is 2. The molecule has 0 aliphatic carbocycles.